The minimum atomic E-state index is -0.453. The van der Waals surface area contributed by atoms with Crippen LogP contribution in [0, 0.1) is 0 Å². The highest BCUT2D eigenvalue weighted by Gasteiger charge is 2.19. The molecule has 0 amide bonds. The van der Waals surface area contributed by atoms with Gasteiger partial charge in [-0.3, -0.25) is 0 Å². The molecule has 1 aromatic carbocycles. The van der Waals surface area contributed by atoms with E-state index in [0.717, 1.165) is 12.0 Å². The third kappa shape index (κ3) is 1.92. The quantitative estimate of drug-likeness (QED) is 0.608. The van der Waals surface area contributed by atoms with Gasteiger partial charge in [0, 0.05) is 5.54 Å². The fourth-order valence-electron chi connectivity index (χ4n) is 1.08. The van der Waals surface area contributed by atoms with E-state index in [1.54, 1.807) is 6.07 Å². The Kier molecular flexibility index (Phi) is 2.48. The second-order valence-electron chi connectivity index (χ2n) is 3.47. The fourth-order valence-corrected chi connectivity index (χ4v) is 1.08. The van der Waals surface area contributed by atoms with Gasteiger partial charge in [-0.25, -0.2) is 0 Å². The number of hydrogen-bond donors (Lipinski definition) is 3. The van der Waals surface area contributed by atoms with Crippen molar-refractivity contribution in [1.82, 2.24) is 0 Å². The van der Waals surface area contributed by atoms with E-state index < -0.39 is 5.54 Å². The molecule has 13 heavy (non-hydrogen) atoms. The maximum absolute atomic E-state index is 9.25. The smallest absolute Gasteiger partial charge is 0.157 e. The highest BCUT2D eigenvalue weighted by molar-refractivity contribution is 5.42. The van der Waals surface area contributed by atoms with Crippen molar-refractivity contribution >= 4 is 0 Å². The van der Waals surface area contributed by atoms with Gasteiger partial charge in [-0.05, 0) is 31.0 Å². The molecule has 0 heterocycles. The fraction of sp³-hybridized carbons (Fsp3) is 0.400. The Morgan fingerprint density at radius 1 is 1.31 bits per heavy atom. The zero-order valence-electron chi connectivity index (χ0n) is 7.91. The summed E-state index contributed by atoms with van der Waals surface area (Å²) in [7, 11) is 0. The van der Waals surface area contributed by atoms with Crippen molar-refractivity contribution < 1.29 is 10.2 Å². The Balaban J connectivity index is 3.10. The van der Waals surface area contributed by atoms with Crippen LogP contribution >= 0.6 is 0 Å². The zero-order valence-corrected chi connectivity index (χ0v) is 7.91. The predicted octanol–water partition coefficient (Wildman–Crippen LogP) is 1.68. The maximum Gasteiger partial charge on any atom is 0.157 e. The summed E-state index contributed by atoms with van der Waals surface area (Å²) in [5, 5.41) is 18.3. The number of phenols is 2. The highest BCUT2D eigenvalue weighted by atomic mass is 16.3. The molecule has 3 heteroatoms. The van der Waals surface area contributed by atoms with Gasteiger partial charge in [0.05, 0.1) is 0 Å². The van der Waals surface area contributed by atoms with Gasteiger partial charge in [0.1, 0.15) is 0 Å². The molecule has 0 saturated heterocycles. The first-order valence-corrected chi connectivity index (χ1v) is 4.28. The second-order valence-corrected chi connectivity index (χ2v) is 3.47. The number of rotatable bonds is 2. The van der Waals surface area contributed by atoms with Gasteiger partial charge < -0.3 is 15.9 Å². The molecule has 0 bridgehead atoms. The molecule has 72 valence electrons. The average Bonchev–Trinajstić information content (AvgIpc) is 2.09. The van der Waals surface area contributed by atoms with Crippen molar-refractivity contribution in [2.24, 2.45) is 5.73 Å². The van der Waals surface area contributed by atoms with Crippen LogP contribution in [0.25, 0.3) is 0 Å². The van der Waals surface area contributed by atoms with Gasteiger partial charge in [-0.15, -0.1) is 0 Å². The van der Waals surface area contributed by atoms with E-state index in [9.17, 15) is 5.11 Å². The summed E-state index contributed by atoms with van der Waals surface area (Å²) in [6.07, 6.45) is 0.775. The lowest BCUT2D eigenvalue weighted by molar-refractivity contribution is 0.398. The first-order chi connectivity index (χ1) is 5.97. The molecule has 0 aliphatic carbocycles. The van der Waals surface area contributed by atoms with Gasteiger partial charge in [0.2, 0.25) is 0 Å². The molecule has 0 fully saturated rings. The normalized spacial score (nSPS) is 15.3. The van der Waals surface area contributed by atoms with Crippen LogP contribution in [0.4, 0.5) is 0 Å². The van der Waals surface area contributed by atoms with Crippen LogP contribution in [0.2, 0.25) is 0 Å². The summed E-state index contributed by atoms with van der Waals surface area (Å²) in [6, 6.07) is 4.67. The molecule has 0 aromatic heterocycles. The van der Waals surface area contributed by atoms with E-state index in [1.807, 2.05) is 13.8 Å². The number of aromatic hydroxyl groups is 2. The molecule has 0 aliphatic heterocycles. The molecule has 3 nitrogen and oxygen atoms in total. The van der Waals surface area contributed by atoms with Crippen molar-refractivity contribution in [3.05, 3.63) is 23.8 Å². The van der Waals surface area contributed by atoms with Crippen LogP contribution in [-0.2, 0) is 5.54 Å². The minimum Gasteiger partial charge on any atom is -0.504 e. The van der Waals surface area contributed by atoms with E-state index in [-0.39, 0.29) is 11.5 Å². The molecule has 0 aliphatic rings. The molecular formula is C10H15NO2. The van der Waals surface area contributed by atoms with Crippen LogP contribution in [-0.4, -0.2) is 10.2 Å². The number of benzene rings is 1. The van der Waals surface area contributed by atoms with Crippen molar-refractivity contribution in [1.29, 1.82) is 0 Å². The summed E-state index contributed by atoms with van der Waals surface area (Å²) in [5.74, 6) is -0.238. The number of phenolic OH excluding ortho intramolecular Hbond substituents is 2. The molecule has 4 N–H and O–H groups in total. The van der Waals surface area contributed by atoms with Crippen LogP contribution in [0.15, 0.2) is 18.2 Å². The molecule has 1 rings (SSSR count). The molecule has 1 aromatic rings. The summed E-state index contributed by atoms with van der Waals surface area (Å²) < 4.78 is 0. The Hall–Kier alpha value is -1.22. The van der Waals surface area contributed by atoms with Gasteiger partial charge in [0.25, 0.3) is 0 Å². The van der Waals surface area contributed by atoms with E-state index in [4.69, 9.17) is 10.8 Å². The molecule has 0 spiro atoms. The second kappa shape index (κ2) is 3.26. The lowest BCUT2D eigenvalue weighted by Crippen LogP contribution is -2.31. The van der Waals surface area contributed by atoms with Crippen molar-refractivity contribution in [3.63, 3.8) is 0 Å². The van der Waals surface area contributed by atoms with Gasteiger partial charge in [-0.2, -0.15) is 0 Å². The zero-order chi connectivity index (χ0) is 10.1. The highest BCUT2D eigenvalue weighted by Crippen LogP contribution is 2.30. The molecule has 0 unspecified atom stereocenters. The lowest BCUT2D eigenvalue weighted by atomic mass is 9.90. The van der Waals surface area contributed by atoms with Crippen molar-refractivity contribution in [2.45, 2.75) is 25.8 Å². The van der Waals surface area contributed by atoms with E-state index in [2.05, 4.69) is 0 Å². The Morgan fingerprint density at radius 2 is 1.92 bits per heavy atom. The van der Waals surface area contributed by atoms with Crippen LogP contribution < -0.4 is 5.73 Å². The topological polar surface area (TPSA) is 66.5 Å². The summed E-state index contributed by atoms with van der Waals surface area (Å²) in [6.45, 7) is 3.86. The standard InChI is InChI=1S/C10H15NO2/c1-3-10(2,11)7-4-5-8(12)9(13)6-7/h4-6,12-13H,3,11H2,1-2H3/t10-/m0/s1. The monoisotopic (exact) mass is 181 g/mol. The SMILES string of the molecule is CC[C@](C)(N)c1ccc(O)c(O)c1. The van der Waals surface area contributed by atoms with E-state index in [0.29, 0.717) is 0 Å². The van der Waals surface area contributed by atoms with Crippen molar-refractivity contribution in [3.8, 4) is 11.5 Å². The Bertz CT molecular complexity index is 308. The van der Waals surface area contributed by atoms with E-state index >= 15 is 0 Å². The van der Waals surface area contributed by atoms with Crippen molar-refractivity contribution in [2.75, 3.05) is 0 Å². The van der Waals surface area contributed by atoms with Crippen LogP contribution in [0.1, 0.15) is 25.8 Å². The van der Waals surface area contributed by atoms with E-state index in [1.165, 1.54) is 12.1 Å². The predicted molar refractivity (Wildman–Crippen MR) is 51.6 cm³/mol. The molecular weight excluding hydrogens is 166 g/mol. The van der Waals surface area contributed by atoms with Gasteiger partial charge in [-0.1, -0.05) is 13.0 Å². The summed E-state index contributed by atoms with van der Waals surface area (Å²) in [5.41, 5.74) is 6.33. The summed E-state index contributed by atoms with van der Waals surface area (Å²) in [4.78, 5) is 0. The Labute approximate surface area is 77.8 Å². The number of hydrogen-bond acceptors (Lipinski definition) is 3. The largest absolute Gasteiger partial charge is 0.504 e. The van der Waals surface area contributed by atoms with Gasteiger partial charge >= 0.3 is 0 Å². The first-order valence-electron chi connectivity index (χ1n) is 4.28. The minimum absolute atomic E-state index is 0.115. The molecule has 0 saturated carbocycles. The molecule has 0 radical (unpaired) electrons. The van der Waals surface area contributed by atoms with Crippen LogP contribution in [0.3, 0.4) is 0 Å². The lowest BCUT2D eigenvalue weighted by Gasteiger charge is -2.23. The van der Waals surface area contributed by atoms with Gasteiger partial charge in [0.15, 0.2) is 11.5 Å². The average molecular weight is 181 g/mol. The first kappa shape index (κ1) is 9.86. The Morgan fingerprint density at radius 3 is 2.38 bits per heavy atom. The third-order valence-corrected chi connectivity index (χ3v) is 2.37. The van der Waals surface area contributed by atoms with Crippen LogP contribution in [0.5, 0.6) is 11.5 Å². The summed E-state index contributed by atoms with van der Waals surface area (Å²) >= 11 is 0. The third-order valence-electron chi connectivity index (χ3n) is 2.37. The molecule has 1 atom stereocenters. The maximum atomic E-state index is 9.25. The number of nitrogens with two attached hydrogens (primary N) is 1.